The molecular weight excluding hydrogens is 430 g/mol. The van der Waals surface area contributed by atoms with E-state index in [4.69, 9.17) is 4.74 Å². The van der Waals surface area contributed by atoms with Crippen molar-refractivity contribution < 1.29 is 22.7 Å². The maximum atomic E-state index is 12.7. The van der Waals surface area contributed by atoms with Crippen LogP contribution in [0.2, 0.25) is 0 Å². The molecule has 3 N–H and O–H groups in total. The highest BCUT2D eigenvalue weighted by Gasteiger charge is 2.17. The Morgan fingerprint density at radius 2 is 1.56 bits per heavy atom. The minimum absolute atomic E-state index is 0.00969. The maximum absolute atomic E-state index is 12.7. The van der Waals surface area contributed by atoms with Crippen LogP contribution in [0.1, 0.15) is 22.8 Å². The first kappa shape index (κ1) is 22.8. The Labute approximate surface area is 186 Å². The number of rotatable bonds is 7. The molecule has 0 radical (unpaired) electrons. The molecule has 32 heavy (non-hydrogen) atoms. The van der Waals surface area contributed by atoms with Gasteiger partial charge in [-0.2, -0.15) is 0 Å². The third kappa shape index (κ3) is 5.44. The van der Waals surface area contributed by atoms with Gasteiger partial charge in [-0.15, -0.1) is 0 Å². The summed E-state index contributed by atoms with van der Waals surface area (Å²) in [4.78, 5) is 23.8. The van der Waals surface area contributed by atoms with E-state index in [1.807, 2.05) is 6.92 Å². The molecule has 0 unspecified atom stereocenters. The monoisotopic (exact) mass is 453 g/mol. The zero-order valence-electron chi connectivity index (χ0n) is 17.8. The van der Waals surface area contributed by atoms with E-state index in [1.165, 1.54) is 38.3 Å². The van der Waals surface area contributed by atoms with E-state index in [9.17, 15) is 18.0 Å². The van der Waals surface area contributed by atoms with Gasteiger partial charge < -0.3 is 15.4 Å². The van der Waals surface area contributed by atoms with Gasteiger partial charge in [-0.25, -0.2) is 8.42 Å². The SMILES string of the molecule is COc1ccccc1NS(=O)(=O)c1ccc(C(=O)Nc2ccc(NC(C)=O)c(C)c2)cc1. The van der Waals surface area contributed by atoms with Gasteiger partial charge in [0.25, 0.3) is 15.9 Å². The van der Waals surface area contributed by atoms with E-state index in [0.717, 1.165) is 5.56 Å². The quantitative estimate of drug-likeness (QED) is 0.500. The van der Waals surface area contributed by atoms with Gasteiger partial charge in [0.05, 0.1) is 17.7 Å². The number of nitrogens with one attached hydrogen (secondary N) is 3. The van der Waals surface area contributed by atoms with E-state index >= 15 is 0 Å². The normalized spacial score (nSPS) is 10.8. The van der Waals surface area contributed by atoms with Gasteiger partial charge in [-0.3, -0.25) is 14.3 Å². The molecule has 166 valence electrons. The molecule has 9 heteroatoms. The highest BCUT2D eigenvalue weighted by atomic mass is 32.2. The van der Waals surface area contributed by atoms with E-state index in [0.29, 0.717) is 28.4 Å². The molecule has 0 fully saturated rings. The average Bonchev–Trinajstić information content (AvgIpc) is 2.75. The summed E-state index contributed by atoms with van der Waals surface area (Å²) in [7, 11) is -2.41. The fraction of sp³-hybridized carbons (Fsp3) is 0.130. The molecule has 0 saturated heterocycles. The molecule has 0 aliphatic rings. The van der Waals surface area contributed by atoms with Gasteiger partial charge >= 0.3 is 0 Å². The zero-order valence-corrected chi connectivity index (χ0v) is 18.6. The predicted molar refractivity (Wildman–Crippen MR) is 124 cm³/mol. The van der Waals surface area contributed by atoms with Crippen LogP contribution in [0.5, 0.6) is 5.75 Å². The van der Waals surface area contributed by atoms with Gasteiger partial charge in [0.1, 0.15) is 5.75 Å². The van der Waals surface area contributed by atoms with E-state index < -0.39 is 15.9 Å². The van der Waals surface area contributed by atoms with Crippen molar-refractivity contribution in [2.45, 2.75) is 18.7 Å². The number of carbonyl (C=O) groups is 2. The van der Waals surface area contributed by atoms with Crippen molar-refractivity contribution >= 4 is 38.9 Å². The summed E-state index contributed by atoms with van der Waals surface area (Å²) in [5.74, 6) is -0.176. The Kier molecular flexibility index (Phi) is 6.79. The van der Waals surface area contributed by atoms with Crippen LogP contribution in [-0.2, 0) is 14.8 Å². The summed E-state index contributed by atoms with van der Waals surface area (Å²) in [6.45, 7) is 3.24. The molecule has 0 heterocycles. The Hall–Kier alpha value is -3.85. The minimum Gasteiger partial charge on any atom is -0.495 e. The van der Waals surface area contributed by atoms with Crippen molar-refractivity contribution in [2.75, 3.05) is 22.5 Å². The second kappa shape index (κ2) is 9.52. The molecule has 3 aromatic carbocycles. The molecule has 8 nitrogen and oxygen atoms in total. The van der Waals surface area contributed by atoms with E-state index in [2.05, 4.69) is 15.4 Å². The highest BCUT2D eigenvalue weighted by molar-refractivity contribution is 7.92. The maximum Gasteiger partial charge on any atom is 0.262 e. The summed E-state index contributed by atoms with van der Waals surface area (Å²) < 4.78 is 33.0. The molecule has 0 atom stereocenters. The molecule has 3 rings (SSSR count). The first-order valence-corrected chi connectivity index (χ1v) is 11.1. The fourth-order valence-corrected chi connectivity index (χ4v) is 4.06. The number of aryl methyl sites for hydroxylation is 1. The highest BCUT2D eigenvalue weighted by Crippen LogP contribution is 2.26. The lowest BCUT2D eigenvalue weighted by molar-refractivity contribution is -0.114. The molecule has 0 spiro atoms. The molecular formula is C23H23N3O5S. The predicted octanol–water partition coefficient (Wildman–Crippen LogP) is 4.02. The number of amides is 2. The Bertz CT molecular complexity index is 1250. The van der Waals surface area contributed by atoms with Crippen LogP contribution in [-0.4, -0.2) is 27.3 Å². The molecule has 0 aliphatic heterocycles. The van der Waals surface area contributed by atoms with Crippen molar-refractivity contribution in [1.29, 1.82) is 0 Å². The zero-order chi connectivity index (χ0) is 23.3. The Morgan fingerprint density at radius 1 is 0.875 bits per heavy atom. The summed E-state index contributed by atoms with van der Waals surface area (Å²) >= 11 is 0. The number of carbonyl (C=O) groups excluding carboxylic acids is 2. The molecule has 2 amide bonds. The van der Waals surface area contributed by atoms with Crippen LogP contribution < -0.4 is 20.1 Å². The van der Waals surface area contributed by atoms with Crippen molar-refractivity contribution in [2.24, 2.45) is 0 Å². The molecule has 0 saturated carbocycles. The summed E-state index contributed by atoms with van der Waals surface area (Å²) in [6.07, 6.45) is 0. The lowest BCUT2D eigenvalue weighted by atomic mass is 10.1. The van der Waals surface area contributed by atoms with Crippen molar-refractivity contribution in [3.05, 3.63) is 77.9 Å². The summed E-state index contributed by atoms with van der Waals surface area (Å²) in [6, 6.07) is 17.4. The smallest absolute Gasteiger partial charge is 0.262 e. The van der Waals surface area contributed by atoms with Gasteiger partial charge in [0.2, 0.25) is 5.91 Å². The van der Waals surface area contributed by atoms with Crippen LogP contribution in [0.25, 0.3) is 0 Å². The van der Waals surface area contributed by atoms with Crippen molar-refractivity contribution in [1.82, 2.24) is 0 Å². The van der Waals surface area contributed by atoms with Gasteiger partial charge in [0.15, 0.2) is 0 Å². The number of methoxy groups -OCH3 is 1. The second-order valence-electron chi connectivity index (χ2n) is 7.00. The number of para-hydroxylation sites is 2. The first-order valence-electron chi connectivity index (χ1n) is 9.65. The number of anilines is 3. The Balaban J connectivity index is 1.73. The number of hydrogen-bond acceptors (Lipinski definition) is 5. The standard InChI is InChI=1S/C23H23N3O5S/c1-15-14-18(10-13-20(15)24-16(2)27)25-23(28)17-8-11-19(12-9-17)32(29,30)26-21-6-4-5-7-22(21)31-3/h4-14,26H,1-3H3,(H,24,27)(H,25,28). The first-order chi connectivity index (χ1) is 15.2. The third-order valence-corrected chi connectivity index (χ3v) is 5.95. The van der Waals surface area contributed by atoms with E-state index in [-0.39, 0.29) is 10.8 Å². The van der Waals surface area contributed by atoms with Gasteiger partial charge in [-0.05, 0) is 67.1 Å². The Morgan fingerprint density at radius 3 is 2.19 bits per heavy atom. The fourth-order valence-electron chi connectivity index (χ4n) is 2.99. The third-order valence-electron chi connectivity index (χ3n) is 4.57. The van der Waals surface area contributed by atoms with Crippen LogP contribution in [0.3, 0.4) is 0 Å². The van der Waals surface area contributed by atoms with E-state index in [1.54, 1.807) is 42.5 Å². The largest absolute Gasteiger partial charge is 0.495 e. The van der Waals surface area contributed by atoms with Crippen LogP contribution in [0.4, 0.5) is 17.1 Å². The lowest BCUT2D eigenvalue weighted by Gasteiger charge is -2.12. The minimum atomic E-state index is -3.86. The number of sulfonamides is 1. The van der Waals surface area contributed by atoms with Crippen LogP contribution in [0, 0.1) is 6.92 Å². The van der Waals surface area contributed by atoms with Crippen molar-refractivity contribution in [3.63, 3.8) is 0 Å². The number of hydrogen-bond donors (Lipinski definition) is 3. The average molecular weight is 454 g/mol. The van der Waals surface area contributed by atoms with Crippen LogP contribution >= 0.6 is 0 Å². The molecule has 0 bridgehead atoms. The summed E-state index contributed by atoms with van der Waals surface area (Å²) in [5, 5.41) is 5.47. The number of ether oxygens (including phenoxy) is 1. The molecule has 3 aromatic rings. The second-order valence-corrected chi connectivity index (χ2v) is 8.68. The van der Waals surface area contributed by atoms with Crippen LogP contribution in [0.15, 0.2) is 71.6 Å². The lowest BCUT2D eigenvalue weighted by Crippen LogP contribution is -2.15. The van der Waals surface area contributed by atoms with Crippen molar-refractivity contribution in [3.8, 4) is 5.75 Å². The molecule has 0 aromatic heterocycles. The summed E-state index contributed by atoms with van der Waals surface area (Å²) in [5.41, 5.74) is 2.62. The topological polar surface area (TPSA) is 114 Å². The number of benzene rings is 3. The molecule has 0 aliphatic carbocycles. The van der Waals surface area contributed by atoms with Gasteiger partial charge in [0, 0.05) is 23.9 Å². The van der Waals surface area contributed by atoms with Gasteiger partial charge in [-0.1, -0.05) is 12.1 Å².